The fraction of sp³-hybridized carbons (Fsp3) is 0.524. The minimum atomic E-state index is 0.578. The summed E-state index contributed by atoms with van der Waals surface area (Å²) in [6, 6.07) is 16.0. The fourth-order valence-corrected chi connectivity index (χ4v) is 5.21. The summed E-state index contributed by atoms with van der Waals surface area (Å²) in [5.41, 5.74) is 2.17. The normalized spacial score (nSPS) is 31.0. The van der Waals surface area contributed by atoms with E-state index in [-0.39, 0.29) is 0 Å². The molecular weight excluding hydrogens is 266 g/mol. The molecule has 5 rings (SSSR count). The van der Waals surface area contributed by atoms with E-state index in [2.05, 4.69) is 61.5 Å². The van der Waals surface area contributed by atoms with E-state index in [0.29, 0.717) is 5.41 Å². The number of nitrogens with zero attached hydrogens (tertiary/aromatic N) is 1. The zero-order chi connectivity index (χ0) is 15.2. The molecule has 0 N–H and O–H groups in total. The van der Waals surface area contributed by atoms with Gasteiger partial charge in [-0.2, -0.15) is 0 Å². The molecule has 0 unspecified atom stereocenters. The molecule has 2 aromatic carbocycles. The van der Waals surface area contributed by atoms with Gasteiger partial charge in [-0.15, -0.1) is 0 Å². The van der Waals surface area contributed by atoms with Crippen LogP contribution in [0.5, 0.6) is 0 Å². The van der Waals surface area contributed by atoms with Gasteiger partial charge < -0.3 is 4.90 Å². The van der Waals surface area contributed by atoms with Gasteiger partial charge in [-0.3, -0.25) is 0 Å². The molecule has 1 nitrogen and oxygen atoms in total. The molecule has 0 heterocycles. The van der Waals surface area contributed by atoms with Crippen molar-refractivity contribution in [2.75, 3.05) is 20.6 Å². The van der Waals surface area contributed by atoms with Crippen LogP contribution in [0.25, 0.3) is 10.8 Å². The van der Waals surface area contributed by atoms with E-state index >= 15 is 0 Å². The van der Waals surface area contributed by atoms with Crippen molar-refractivity contribution in [3.05, 3.63) is 48.0 Å². The third kappa shape index (κ3) is 2.46. The van der Waals surface area contributed by atoms with Gasteiger partial charge in [0, 0.05) is 6.54 Å². The number of rotatable bonds is 3. The highest BCUT2D eigenvalue weighted by Crippen LogP contribution is 2.56. The van der Waals surface area contributed by atoms with Crippen molar-refractivity contribution < 1.29 is 0 Å². The van der Waals surface area contributed by atoms with Gasteiger partial charge in [0.05, 0.1) is 0 Å². The van der Waals surface area contributed by atoms with Crippen LogP contribution in [0.2, 0.25) is 0 Å². The second-order valence-electron chi connectivity index (χ2n) is 7.99. The Bertz CT molecular complexity index is 664. The predicted octanol–water partition coefficient (Wildman–Crippen LogP) is 5.07. The van der Waals surface area contributed by atoms with E-state index in [1.807, 2.05) is 0 Å². The molecule has 0 amide bonds. The van der Waals surface area contributed by atoms with Crippen LogP contribution in [0.3, 0.4) is 0 Å². The molecule has 0 radical (unpaired) electrons. The number of benzene rings is 2. The first kappa shape index (κ1) is 14.3. The van der Waals surface area contributed by atoms with Crippen molar-refractivity contribution in [3.63, 3.8) is 0 Å². The van der Waals surface area contributed by atoms with Crippen LogP contribution in [-0.2, 0) is 0 Å². The molecule has 3 saturated carbocycles. The molecule has 3 aliphatic carbocycles. The Hall–Kier alpha value is -1.34. The van der Waals surface area contributed by atoms with E-state index in [1.165, 1.54) is 49.4 Å². The van der Waals surface area contributed by atoms with Gasteiger partial charge in [0.25, 0.3) is 0 Å². The molecule has 2 bridgehead atoms. The first-order chi connectivity index (χ1) is 10.7. The summed E-state index contributed by atoms with van der Waals surface area (Å²) in [4.78, 5) is 2.41. The lowest BCUT2D eigenvalue weighted by atomic mass is 9.55. The lowest BCUT2D eigenvalue weighted by molar-refractivity contribution is 0.0220. The maximum atomic E-state index is 2.46. The van der Waals surface area contributed by atoms with Crippen molar-refractivity contribution >= 4 is 10.8 Å². The van der Waals surface area contributed by atoms with Gasteiger partial charge in [0.15, 0.2) is 0 Å². The maximum Gasteiger partial charge on any atom is 0.00321 e. The van der Waals surface area contributed by atoms with Crippen LogP contribution in [0.15, 0.2) is 42.5 Å². The average Bonchev–Trinajstić information content (AvgIpc) is 2.54. The maximum absolute atomic E-state index is 2.46. The van der Waals surface area contributed by atoms with E-state index < -0.39 is 0 Å². The Morgan fingerprint density at radius 2 is 1.73 bits per heavy atom. The quantitative estimate of drug-likeness (QED) is 0.764. The standard InChI is InChI=1S/C21H27N/c1-22(2)15-21-11-9-17(10-12-21)20(14-21)19-8-7-16-5-3-4-6-18(16)13-19/h3-8,13,17,20H,9-12,14-15H2,1-2H3/t17?,20-,21?/m0/s1. The molecule has 0 spiro atoms. The Kier molecular flexibility index (Phi) is 3.49. The summed E-state index contributed by atoms with van der Waals surface area (Å²) in [5.74, 6) is 1.71. The Balaban J connectivity index is 1.66. The number of hydrogen-bond acceptors (Lipinski definition) is 1. The van der Waals surface area contributed by atoms with E-state index in [1.54, 1.807) is 5.56 Å². The van der Waals surface area contributed by atoms with Gasteiger partial charge in [-0.1, -0.05) is 42.5 Å². The zero-order valence-corrected chi connectivity index (χ0v) is 13.9. The lowest BCUT2D eigenvalue weighted by Crippen LogP contribution is -2.44. The van der Waals surface area contributed by atoms with Crippen LogP contribution < -0.4 is 0 Å². The lowest BCUT2D eigenvalue weighted by Gasteiger charge is -2.52. The van der Waals surface area contributed by atoms with Crippen LogP contribution in [0.4, 0.5) is 0 Å². The summed E-state index contributed by atoms with van der Waals surface area (Å²) >= 11 is 0. The van der Waals surface area contributed by atoms with Gasteiger partial charge in [-0.05, 0) is 79.8 Å². The monoisotopic (exact) mass is 293 g/mol. The van der Waals surface area contributed by atoms with E-state index in [4.69, 9.17) is 0 Å². The molecule has 3 fully saturated rings. The summed E-state index contributed by atoms with van der Waals surface area (Å²) in [7, 11) is 4.47. The Morgan fingerprint density at radius 1 is 1.00 bits per heavy atom. The first-order valence-corrected chi connectivity index (χ1v) is 8.79. The predicted molar refractivity (Wildman–Crippen MR) is 94.3 cm³/mol. The van der Waals surface area contributed by atoms with Gasteiger partial charge in [0.2, 0.25) is 0 Å². The molecule has 0 aromatic heterocycles. The highest BCUT2D eigenvalue weighted by atomic mass is 15.1. The third-order valence-electron chi connectivity index (χ3n) is 6.17. The minimum Gasteiger partial charge on any atom is -0.309 e. The summed E-state index contributed by atoms with van der Waals surface area (Å²) in [5, 5.41) is 2.78. The molecule has 0 saturated heterocycles. The molecule has 116 valence electrons. The molecule has 1 atom stereocenters. The Morgan fingerprint density at radius 3 is 2.45 bits per heavy atom. The SMILES string of the molecule is CN(C)CC12CCC(CC1)[C@@H](c1ccc3ccccc3c1)C2. The average molecular weight is 293 g/mol. The first-order valence-electron chi connectivity index (χ1n) is 8.79. The molecule has 0 aliphatic heterocycles. The molecule has 3 aliphatic rings. The highest BCUT2D eigenvalue weighted by molar-refractivity contribution is 5.83. The third-order valence-corrected chi connectivity index (χ3v) is 6.17. The molecule has 1 heteroatoms. The topological polar surface area (TPSA) is 3.24 Å². The minimum absolute atomic E-state index is 0.578. The van der Waals surface area contributed by atoms with Crippen molar-refractivity contribution in [1.82, 2.24) is 4.90 Å². The largest absolute Gasteiger partial charge is 0.309 e. The molecule has 22 heavy (non-hydrogen) atoms. The van der Waals surface area contributed by atoms with E-state index in [9.17, 15) is 0 Å². The van der Waals surface area contributed by atoms with Crippen molar-refractivity contribution in [3.8, 4) is 0 Å². The van der Waals surface area contributed by atoms with Crippen molar-refractivity contribution in [2.45, 2.75) is 38.0 Å². The van der Waals surface area contributed by atoms with Gasteiger partial charge >= 0.3 is 0 Å². The van der Waals surface area contributed by atoms with Gasteiger partial charge in [-0.25, -0.2) is 0 Å². The summed E-state index contributed by atoms with van der Waals surface area (Å²) in [6.07, 6.45) is 7.16. The fourth-order valence-electron chi connectivity index (χ4n) is 5.21. The van der Waals surface area contributed by atoms with Crippen LogP contribution in [0.1, 0.15) is 43.6 Å². The molecular formula is C21H27N. The van der Waals surface area contributed by atoms with E-state index in [0.717, 1.165) is 11.8 Å². The van der Waals surface area contributed by atoms with Crippen molar-refractivity contribution in [1.29, 1.82) is 0 Å². The van der Waals surface area contributed by atoms with Crippen LogP contribution in [-0.4, -0.2) is 25.5 Å². The second-order valence-corrected chi connectivity index (χ2v) is 7.99. The molecule has 2 aromatic rings. The highest BCUT2D eigenvalue weighted by Gasteiger charge is 2.46. The van der Waals surface area contributed by atoms with Crippen LogP contribution in [0, 0.1) is 11.3 Å². The summed E-state index contributed by atoms with van der Waals surface area (Å²) in [6.45, 7) is 1.27. The number of fused-ring (bicyclic) bond motifs is 4. The smallest absolute Gasteiger partial charge is 0.00321 e. The Labute approximate surface area is 134 Å². The zero-order valence-electron chi connectivity index (χ0n) is 13.9. The van der Waals surface area contributed by atoms with Crippen molar-refractivity contribution in [2.24, 2.45) is 11.3 Å². The van der Waals surface area contributed by atoms with Crippen LogP contribution >= 0.6 is 0 Å². The van der Waals surface area contributed by atoms with Gasteiger partial charge in [0.1, 0.15) is 0 Å². The number of hydrogen-bond donors (Lipinski definition) is 0. The second kappa shape index (κ2) is 5.38. The summed E-state index contributed by atoms with van der Waals surface area (Å²) < 4.78 is 0.